The molecular formula is C17H22F3N5O. The highest BCUT2D eigenvalue weighted by molar-refractivity contribution is 5.24. The Balaban J connectivity index is 1.59. The largest absolute Gasteiger partial charge is 0.416 e. The zero-order chi connectivity index (χ0) is 18.7. The molecule has 0 aliphatic carbocycles. The van der Waals surface area contributed by atoms with Gasteiger partial charge in [0.2, 0.25) is 0 Å². The number of rotatable bonds is 6. The summed E-state index contributed by atoms with van der Waals surface area (Å²) in [6.07, 6.45) is -2.53. The van der Waals surface area contributed by atoms with Gasteiger partial charge in [-0.1, -0.05) is 17.3 Å². The van der Waals surface area contributed by atoms with E-state index >= 15 is 0 Å². The summed E-state index contributed by atoms with van der Waals surface area (Å²) < 4.78 is 45.6. The third kappa shape index (κ3) is 4.60. The molecule has 1 saturated heterocycles. The second kappa shape index (κ2) is 7.73. The highest BCUT2D eigenvalue weighted by Gasteiger charge is 2.31. The van der Waals surface area contributed by atoms with Gasteiger partial charge in [0.05, 0.1) is 36.2 Å². The highest BCUT2D eigenvalue weighted by atomic mass is 19.4. The molecule has 2 heterocycles. The van der Waals surface area contributed by atoms with Crippen LogP contribution in [0, 0.1) is 0 Å². The normalized spacial score (nSPS) is 20.8. The third-order valence-corrected chi connectivity index (χ3v) is 4.25. The predicted molar refractivity (Wildman–Crippen MR) is 89.3 cm³/mol. The van der Waals surface area contributed by atoms with Crippen LogP contribution in [0.3, 0.4) is 0 Å². The van der Waals surface area contributed by atoms with Gasteiger partial charge in [-0.25, -0.2) is 4.68 Å². The summed E-state index contributed by atoms with van der Waals surface area (Å²) in [6.45, 7) is 2.33. The summed E-state index contributed by atoms with van der Waals surface area (Å²) >= 11 is 0. The van der Waals surface area contributed by atoms with E-state index in [1.165, 1.54) is 12.1 Å². The van der Waals surface area contributed by atoms with Gasteiger partial charge in [0, 0.05) is 19.6 Å². The molecule has 1 fully saturated rings. The number of halogens is 3. The van der Waals surface area contributed by atoms with Gasteiger partial charge in [0.15, 0.2) is 0 Å². The van der Waals surface area contributed by atoms with Crippen LogP contribution in [0.25, 0.3) is 0 Å². The van der Waals surface area contributed by atoms with Crippen molar-refractivity contribution in [2.24, 2.45) is 0 Å². The molecule has 0 bridgehead atoms. The van der Waals surface area contributed by atoms with Crippen LogP contribution in [0.1, 0.15) is 22.9 Å². The molecule has 0 saturated carbocycles. The first-order valence-corrected chi connectivity index (χ1v) is 8.37. The fourth-order valence-electron chi connectivity index (χ4n) is 2.94. The standard InChI is InChI=1S/C17H22F3N5O/c1-24(2)9-14-10-25(23-22-14)15-7-21-8-16(15)26-11-12-3-5-13(6-4-12)17(18,19)20/h3-6,10,15-16,21H,7-9,11H2,1-2H3/t15-,16-/m1/s1. The Morgan fingerprint density at radius 2 is 1.96 bits per heavy atom. The Hall–Kier alpha value is -1.97. The molecule has 2 aromatic rings. The number of alkyl halides is 3. The summed E-state index contributed by atoms with van der Waals surface area (Å²) in [4.78, 5) is 2.01. The van der Waals surface area contributed by atoms with Crippen LogP contribution in [0.4, 0.5) is 13.2 Å². The van der Waals surface area contributed by atoms with Crippen LogP contribution in [0.2, 0.25) is 0 Å². The van der Waals surface area contributed by atoms with Crippen LogP contribution in [0.15, 0.2) is 30.5 Å². The van der Waals surface area contributed by atoms with Crippen molar-refractivity contribution in [3.63, 3.8) is 0 Å². The summed E-state index contributed by atoms with van der Waals surface area (Å²) in [6, 6.07) is 5.06. The van der Waals surface area contributed by atoms with Crippen LogP contribution in [-0.4, -0.2) is 53.2 Å². The maximum Gasteiger partial charge on any atom is 0.416 e. The first kappa shape index (κ1) is 18.8. The zero-order valence-electron chi connectivity index (χ0n) is 14.7. The fourth-order valence-corrected chi connectivity index (χ4v) is 2.94. The van der Waals surface area contributed by atoms with Gasteiger partial charge in [-0.2, -0.15) is 13.2 Å². The van der Waals surface area contributed by atoms with E-state index in [1.54, 1.807) is 4.68 Å². The second-order valence-electron chi connectivity index (χ2n) is 6.70. The van der Waals surface area contributed by atoms with Crippen molar-refractivity contribution in [1.29, 1.82) is 0 Å². The van der Waals surface area contributed by atoms with Crippen molar-refractivity contribution >= 4 is 0 Å². The van der Waals surface area contributed by atoms with Gasteiger partial charge in [0.1, 0.15) is 0 Å². The van der Waals surface area contributed by atoms with Gasteiger partial charge in [-0.15, -0.1) is 5.10 Å². The molecular weight excluding hydrogens is 347 g/mol. The summed E-state index contributed by atoms with van der Waals surface area (Å²) in [7, 11) is 3.93. The molecule has 142 valence electrons. The smallest absolute Gasteiger partial charge is 0.370 e. The second-order valence-corrected chi connectivity index (χ2v) is 6.70. The van der Waals surface area contributed by atoms with Crippen molar-refractivity contribution in [3.05, 3.63) is 47.3 Å². The van der Waals surface area contributed by atoms with E-state index in [1.807, 2.05) is 25.2 Å². The van der Waals surface area contributed by atoms with Crippen LogP contribution >= 0.6 is 0 Å². The van der Waals surface area contributed by atoms with E-state index in [2.05, 4.69) is 15.6 Å². The molecule has 1 aromatic heterocycles. The molecule has 1 aliphatic heterocycles. The molecule has 1 aliphatic rings. The lowest BCUT2D eigenvalue weighted by atomic mass is 10.1. The van der Waals surface area contributed by atoms with Crippen molar-refractivity contribution in [1.82, 2.24) is 25.2 Å². The first-order valence-electron chi connectivity index (χ1n) is 8.37. The average molecular weight is 369 g/mol. The average Bonchev–Trinajstić information content (AvgIpc) is 3.20. The topological polar surface area (TPSA) is 55.2 Å². The first-order chi connectivity index (χ1) is 12.3. The van der Waals surface area contributed by atoms with Crippen LogP contribution in [-0.2, 0) is 24.1 Å². The Morgan fingerprint density at radius 1 is 1.23 bits per heavy atom. The monoisotopic (exact) mass is 369 g/mol. The third-order valence-electron chi connectivity index (χ3n) is 4.25. The minimum Gasteiger partial charge on any atom is -0.370 e. The van der Waals surface area contributed by atoms with Gasteiger partial charge in [0.25, 0.3) is 0 Å². The minimum absolute atomic E-state index is 0.00728. The van der Waals surface area contributed by atoms with Gasteiger partial charge in [-0.05, 0) is 31.8 Å². The molecule has 0 unspecified atom stereocenters. The van der Waals surface area contributed by atoms with Crippen LogP contribution in [0.5, 0.6) is 0 Å². The minimum atomic E-state index is -4.32. The van der Waals surface area contributed by atoms with Crippen molar-refractivity contribution in [2.75, 3.05) is 27.2 Å². The number of aromatic nitrogens is 3. The molecule has 2 atom stereocenters. The lowest BCUT2D eigenvalue weighted by Gasteiger charge is -2.19. The number of nitrogens with zero attached hydrogens (tertiary/aromatic N) is 4. The van der Waals surface area contributed by atoms with Gasteiger partial charge in [-0.3, -0.25) is 0 Å². The Bertz CT molecular complexity index is 714. The Morgan fingerprint density at radius 3 is 2.62 bits per heavy atom. The van der Waals surface area contributed by atoms with Crippen LogP contribution < -0.4 is 5.32 Å². The van der Waals surface area contributed by atoms with E-state index in [9.17, 15) is 13.2 Å². The number of ether oxygens (including phenoxy) is 1. The molecule has 1 aromatic carbocycles. The highest BCUT2D eigenvalue weighted by Crippen LogP contribution is 2.29. The molecule has 0 spiro atoms. The van der Waals surface area contributed by atoms with E-state index in [-0.39, 0.29) is 18.8 Å². The number of hydrogen-bond donors (Lipinski definition) is 1. The molecule has 6 nitrogen and oxygen atoms in total. The summed E-state index contributed by atoms with van der Waals surface area (Å²) in [5, 5.41) is 11.6. The number of benzene rings is 1. The van der Waals surface area contributed by atoms with E-state index in [4.69, 9.17) is 4.74 Å². The lowest BCUT2D eigenvalue weighted by Crippen LogP contribution is -2.26. The van der Waals surface area contributed by atoms with E-state index in [0.717, 1.165) is 17.8 Å². The number of nitrogens with one attached hydrogen (secondary N) is 1. The van der Waals surface area contributed by atoms with Gasteiger partial charge < -0.3 is 15.0 Å². The van der Waals surface area contributed by atoms with Crippen molar-refractivity contribution in [2.45, 2.75) is 31.5 Å². The van der Waals surface area contributed by atoms with Crippen molar-refractivity contribution in [3.8, 4) is 0 Å². The fraction of sp³-hybridized carbons (Fsp3) is 0.529. The molecule has 3 rings (SSSR count). The molecule has 26 heavy (non-hydrogen) atoms. The summed E-state index contributed by atoms with van der Waals surface area (Å²) in [5.41, 5.74) is 0.927. The molecule has 1 N–H and O–H groups in total. The summed E-state index contributed by atoms with van der Waals surface area (Å²) in [5.74, 6) is 0. The maximum absolute atomic E-state index is 12.6. The van der Waals surface area contributed by atoms with Gasteiger partial charge >= 0.3 is 6.18 Å². The van der Waals surface area contributed by atoms with Crippen molar-refractivity contribution < 1.29 is 17.9 Å². The SMILES string of the molecule is CN(C)Cc1cn([C@@H]2CNC[C@H]2OCc2ccc(C(F)(F)F)cc2)nn1. The lowest BCUT2D eigenvalue weighted by molar-refractivity contribution is -0.137. The van der Waals surface area contributed by atoms with E-state index < -0.39 is 11.7 Å². The zero-order valence-corrected chi connectivity index (χ0v) is 14.7. The maximum atomic E-state index is 12.6. The Kier molecular flexibility index (Phi) is 5.59. The molecule has 9 heteroatoms. The molecule has 0 radical (unpaired) electrons. The molecule has 0 amide bonds. The quantitative estimate of drug-likeness (QED) is 0.845. The van der Waals surface area contributed by atoms with E-state index in [0.29, 0.717) is 25.2 Å². The Labute approximate surface area is 149 Å². The predicted octanol–water partition coefficient (Wildman–Crippen LogP) is 2.09. The number of hydrogen-bond acceptors (Lipinski definition) is 5.